The van der Waals surface area contributed by atoms with Gasteiger partial charge in [-0.15, -0.1) is 11.8 Å². The molecule has 1 heterocycles. The molecule has 1 aromatic carbocycles. The van der Waals surface area contributed by atoms with Crippen molar-refractivity contribution in [1.82, 2.24) is 4.98 Å². The van der Waals surface area contributed by atoms with Gasteiger partial charge in [0, 0.05) is 16.1 Å². The van der Waals surface area contributed by atoms with Crippen molar-refractivity contribution in [3.63, 3.8) is 0 Å². The first-order chi connectivity index (χ1) is 9.95. The Bertz CT molecular complexity index is 649. The second kappa shape index (κ2) is 7.36. The van der Waals surface area contributed by atoms with Gasteiger partial charge in [-0.1, -0.05) is 34.8 Å². The predicted octanol–water partition coefficient (Wildman–Crippen LogP) is 5.16. The lowest BCUT2D eigenvalue weighted by molar-refractivity contribution is -0.115. The molecule has 1 aromatic heterocycles. The van der Waals surface area contributed by atoms with Gasteiger partial charge in [-0.05, 0) is 37.3 Å². The quantitative estimate of drug-likeness (QED) is 0.765. The second-order valence-electron chi connectivity index (χ2n) is 4.19. The van der Waals surface area contributed by atoms with Crippen molar-refractivity contribution in [2.24, 2.45) is 0 Å². The molecular weight excluding hydrogens is 351 g/mol. The van der Waals surface area contributed by atoms with Gasteiger partial charge in [0.05, 0.1) is 15.3 Å². The summed E-state index contributed by atoms with van der Waals surface area (Å²) < 4.78 is 0. The number of carbonyl (C=O) groups excluding carboxylic acids is 1. The van der Waals surface area contributed by atoms with Crippen LogP contribution in [-0.4, -0.2) is 16.1 Å². The molecule has 1 N–H and O–H groups in total. The summed E-state index contributed by atoms with van der Waals surface area (Å²) in [4.78, 5) is 16.9. The fourth-order valence-electron chi connectivity index (χ4n) is 1.49. The molecule has 7 heteroatoms. The zero-order chi connectivity index (χ0) is 15.4. The van der Waals surface area contributed by atoms with E-state index in [1.54, 1.807) is 37.3 Å². The molecule has 21 heavy (non-hydrogen) atoms. The van der Waals surface area contributed by atoms with Crippen LogP contribution in [-0.2, 0) is 4.79 Å². The van der Waals surface area contributed by atoms with Crippen molar-refractivity contribution in [3.05, 3.63) is 51.6 Å². The van der Waals surface area contributed by atoms with E-state index in [0.717, 1.165) is 4.90 Å². The molecule has 0 aliphatic rings. The predicted molar refractivity (Wildman–Crippen MR) is 89.7 cm³/mol. The molecule has 0 spiro atoms. The highest BCUT2D eigenvalue weighted by Gasteiger charge is 2.16. The Morgan fingerprint density at radius 3 is 2.57 bits per heavy atom. The van der Waals surface area contributed by atoms with Crippen LogP contribution in [0.2, 0.25) is 15.1 Å². The maximum absolute atomic E-state index is 12.1. The summed E-state index contributed by atoms with van der Waals surface area (Å²) in [7, 11) is 0. The molecule has 0 saturated heterocycles. The van der Waals surface area contributed by atoms with Gasteiger partial charge in [-0.2, -0.15) is 0 Å². The van der Waals surface area contributed by atoms with Gasteiger partial charge in [0.2, 0.25) is 5.91 Å². The van der Waals surface area contributed by atoms with Crippen LogP contribution in [0.3, 0.4) is 0 Å². The topological polar surface area (TPSA) is 42.0 Å². The summed E-state index contributed by atoms with van der Waals surface area (Å²) in [5.74, 6) is 0.278. The normalized spacial score (nSPS) is 12.0. The van der Waals surface area contributed by atoms with Crippen LogP contribution in [0.1, 0.15) is 6.92 Å². The van der Waals surface area contributed by atoms with E-state index in [-0.39, 0.29) is 11.2 Å². The molecule has 1 amide bonds. The Hall–Kier alpha value is -0.940. The molecule has 0 saturated carbocycles. The Kier molecular flexibility index (Phi) is 5.76. The average Bonchev–Trinajstić information content (AvgIpc) is 2.45. The van der Waals surface area contributed by atoms with Gasteiger partial charge in [-0.3, -0.25) is 4.79 Å². The molecule has 0 bridgehead atoms. The smallest absolute Gasteiger partial charge is 0.238 e. The zero-order valence-electron chi connectivity index (χ0n) is 10.9. The second-order valence-corrected chi connectivity index (χ2v) is 6.85. The fourth-order valence-corrected chi connectivity index (χ4v) is 3.01. The summed E-state index contributed by atoms with van der Waals surface area (Å²) in [5, 5.41) is 4.03. The number of thioether (sulfide) groups is 1. The number of benzene rings is 1. The van der Waals surface area contributed by atoms with Crippen molar-refractivity contribution >= 4 is 58.3 Å². The zero-order valence-corrected chi connectivity index (χ0v) is 14.0. The third-order valence-corrected chi connectivity index (χ3v) is 4.60. The van der Waals surface area contributed by atoms with Crippen LogP contribution < -0.4 is 5.32 Å². The number of carbonyl (C=O) groups is 1. The summed E-state index contributed by atoms with van der Waals surface area (Å²) >= 11 is 19.1. The maximum atomic E-state index is 12.1. The van der Waals surface area contributed by atoms with Gasteiger partial charge in [0.15, 0.2) is 0 Å². The van der Waals surface area contributed by atoms with E-state index in [9.17, 15) is 4.79 Å². The summed E-state index contributed by atoms with van der Waals surface area (Å²) in [6, 6.07) is 8.45. The fraction of sp³-hybridized carbons (Fsp3) is 0.143. The molecule has 0 aliphatic carbocycles. The van der Waals surface area contributed by atoms with Crippen LogP contribution in [0.4, 0.5) is 5.82 Å². The van der Waals surface area contributed by atoms with E-state index in [1.165, 1.54) is 18.0 Å². The lowest BCUT2D eigenvalue weighted by atomic mass is 10.4. The molecule has 0 unspecified atom stereocenters. The van der Waals surface area contributed by atoms with Gasteiger partial charge < -0.3 is 5.32 Å². The largest absolute Gasteiger partial charge is 0.310 e. The highest BCUT2D eigenvalue weighted by molar-refractivity contribution is 8.00. The molecule has 3 nitrogen and oxygen atoms in total. The number of pyridine rings is 1. The lowest BCUT2D eigenvalue weighted by Crippen LogP contribution is -2.22. The van der Waals surface area contributed by atoms with Gasteiger partial charge >= 0.3 is 0 Å². The van der Waals surface area contributed by atoms with Crippen LogP contribution in [0.25, 0.3) is 0 Å². The number of nitrogens with zero attached hydrogens (tertiary/aromatic N) is 1. The molecule has 2 aromatic rings. The number of halogens is 3. The highest BCUT2D eigenvalue weighted by Crippen LogP contribution is 2.32. The minimum Gasteiger partial charge on any atom is -0.310 e. The van der Waals surface area contributed by atoms with Crippen molar-refractivity contribution in [2.75, 3.05) is 5.32 Å². The van der Waals surface area contributed by atoms with E-state index in [4.69, 9.17) is 34.8 Å². The monoisotopic (exact) mass is 360 g/mol. The van der Waals surface area contributed by atoms with Crippen LogP contribution in [0.5, 0.6) is 0 Å². The first-order valence-corrected chi connectivity index (χ1v) is 8.01. The average molecular weight is 362 g/mol. The third-order valence-electron chi connectivity index (χ3n) is 2.54. The van der Waals surface area contributed by atoms with E-state index in [2.05, 4.69) is 10.3 Å². The van der Waals surface area contributed by atoms with Crippen LogP contribution in [0.15, 0.2) is 41.4 Å². The highest BCUT2D eigenvalue weighted by atomic mass is 35.5. The number of rotatable bonds is 4. The molecule has 2 rings (SSSR count). The standard InChI is InChI=1S/C14H11Cl3N2OS/c1-8(21-12-6-9(15)2-4-11(12)17)14(20)19-13-5-3-10(16)7-18-13/h2-8H,1H3,(H,18,19,20)/t8-/m1/s1. The number of anilines is 1. The number of aromatic nitrogens is 1. The number of nitrogens with one attached hydrogen (secondary N) is 1. The lowest BCUT2D eigenvalue weighted by Gasteiger charge is -2.12. The van der Waals surface area contributed by atoms with Gasteiger partial charge in [0.25, 0.3) is 0 Å². The number of amides is 1. The Morgan fingerprint density at radius 1 is 1.19 bits per heavy atom. The Balaban J connectivity index is 2.02. The molecule has 0 fully saturated rings. The molecule has 0 aliphatic heterocycles. The number of hydrogen-bond donors (Lipinski definition) is 1. The Labute approximate surface area is 142 Å². The van der Waals surface area contributed by atoms with Crippen molar-refractivity contribution in [1.29, 1.82) is 0 Å². The molecule has 110 valence electrons. The summed E-state index contributed by atoms with van der Waals surface area (Å²) in [6.45, 7) is 1.78. The Morgan fingerprint density at radius 2 is 1.90 bits per heavy atom. The van der Waals surface area contributed by atoms with E-state index >= 15 is 0 Å². The van der Waals surface area contributed by atoms with Crippen molar-refractivity contribution in [3.8, 4) is 0 Å². The van der Waals surface area contributed by atoms with Gasteiger partial charge in [0.1, 0.15) is 5.82 Å². The van der Waals surface area contributed by atoms with E-state index in [0.29, 0.717) is 20.9 Å². The minimum atomic E-state index is -0.349. The minimum absolute atomic E-state index is 0.175. The molecule has 0 radical (unpaired) electrons. The first kappa shape index (κ1) is 16.4. The molecule has 1 atom stereocenters. The van der Waals surface area contributed by atoms with Gasteiger partial charge in [-0.25, -0.2) is 4.98 Å². The SMILES string of the molecule is C[C@@H](Sc1cc(Cl)ccc1Cl)C(=O)Nc1ccc(Cl)cn1. The third kappa shape index (κ3) is 4.78. The summed E-state index contributed by atoms with van der Waals surface area (Å²) in [5.41, 5.74) is 0. The first-order valence-electron chi connectivity index (χ1n) is 6.00. The van der Waals surface area contributed by atoms with Crippen LogP contribution >= 0.6 is 46.6 Å². The van der Waals surface area contributed by atoms with Crippen molar-refractivity contribution < 1.29 is 4.79 Å². The number of hydrogen-bond acceptors (Lipinski definition) is 3. The molecular formula is C14H11Cl3N2OS. The summed E-state index contributed by atoms with van der Waals surface area (Å²) in [6.07, 6.45) is 1.48. The maximum Gasteiger partial charge on any atom is 0.238 e. The van der Waals surface area contributed by atoms with E-state index < -0.39 is 0 Å². The van der Waals surface area contributed by atoms with E-state index in [1.807, 2.05) is 0 Å². The van der Waals surface area contributed by atoms with Crippen LogP contribution in [0, 0.1) is 0 Å². The van der Waals surface area contributed by atoms with Crippen molar-refractivity contribution in [2.45, 2.75) is 17.1 Å².